The summed E-state index contributed by atoms with van der Waals surface area (Å²) < 4.78 is 28.5. The first-order valence-corrected chi connectivity index (χ1v) is 7.31. The molecule has 1 heterocycles. The van der Waals surface area contributed by atoms with E-state index in [1.165, 1.54) is 6.07 Å². The van der Waals surface area contributed by atoms with Gasteiger partial charge in [-0.25, -0.2) is 13.8 Å². The van der Waals surface area contributed by atoms with E-state index >= 15 is 0 Å². The van der Waals surface area contributed by atoms with Gasteiger partial charge in [-0.1, -0.05) is 18.2 Å². The van der Waals surface area contributed by atoms with E-state index in [-0.39, 0.29) is 18.5 Å². The maximum Gasteiger partial charge on any atom is 0.225 e. The van der Waals surface area contributed by atoms with Crippen molar-refractivity contribution in [1.82, 2.24) is 9.55 Å². The molecular weight excluding hydrogens is 316 g/mol. The Morgan fingerprint density at radius 1 is 1.25 bits per heavy atom. The molecule has 5 nitrogen and oxygen atoms in total. The van der Waals surface area contributed by atoms with Crippen LogP contribution < -0.4 is 5.73 Å². The Morgan fingerprint density at radius 3 is 2.71 bits per heavy atom. The van der Waals surface area contributed by atoms with Crippen LogP contribution in [0.5, 0.6) is 0 Å². The van der Waals surface area contributed by atoms with E-state index in [1.54, 1.807) is 28.8 Å². The monoisotopic (exact) mass is 331 g/mol. The van der Waals surface area contributed by atoms with Crippen molar-refractivity contribution in [3.05, 3.63) is 65.5 Å². The van der Waals surface area contributed by atoms with Gasteiger partial charge < -0.3 is 15.4 Å². The standard InChI is InChI=1S/C17H15F2N3O2/c18-10-5-6-11(12(19)7-10)15(23)9-22-14-4-2-1-3-13(14)21-17(22)8-16(20)24/h1-7,15,23H,8-9H2,(H2,20,24). The molecule has 1 unspecified atom stereocenters. The van der Waals surface area contributed by atoms with Crippen LogP contribution in [0, 0.1) is 11.6 Å². The van der Waals surface area contributed by atoms with Crippen LogP contribution in [0.4, 0.5) is 8.78 Å². The maximum atomic E-state index is 13.9. The summed E-state index contributed by atoms with van der Waals surface area (Å²) in [6.45, 7) is -0.0360. The van der Waals surface area contributed by atoms with E-state index in [4.69, 9.17) is 5.73 Å². The van der Waals surface area contributed by atoms with Gasteiger partial charge in [0.15, 0.2) is 0 Å². The number of hydrogen-bond acceptors (Lipinski definition) is 3. The van der Waals surface area contributed by atoms with E-state index in [0.29, 0.717) is 16.9 Å². The Bertz CT molecular complexity index is 908. The second-order valence-electron chi connectivity index (χ2n) is 5.45. The lowest BCUT2D eigenvalue weighted by Gasteiger charge is -2.15. The molecule has 124 valence electrons. The van der Waals surface area contributed by atoms with Crippen molar-refractivity contribution >= 4 is 16.9 Å². The molecule has 7 heteroatoms. The number of amides is 1. The SMILES string of the molecule is NC(=O)Cc1nc2ccccc2n1CC(O)c1ccc(F)cc1F. The molecule has 0 saturated heterocycles. The van der Waals surface area contributed by atoms with Crippen molar-refractivity contribution < 1.29 is 18.7 Å². The van der Waals surface area contributed by atoms with Crippen LogP contribution in [0.1, 0.15) is 17.5 Å². The minimum Gasteiger partial charge on any atom is -0.386 e. The quantitative estimate of drug-likeness (QED) is 0.751. The Labute approximate surface area is 136 Å². The highest BCUT2D eigenvalue weighted by Crippen LogP contribution is 2.24. The van der Waals surface area contributed by atoms with Crippen LogP contribution in [0.2, 0.25) is 0 Å². The third kappa shape index (κ3) is 3.11. The lowest BCUT2D eigenvalue weighted by atomic mass is 10.1. The fourth-order valence-corrected chi connectivity index (χ4v) is 2.66. The maximum absolute atomic E-state index is 13.9. The molecular formula is C17H15F2N3O2. The van der Waals surface area contributed by atoms with Gasteiger partial charge in [0.2, 0.25) is 5.91 Å². The van der Waals surface area contributed by atoms with Crippen LogP contribution in [-0.4, -0.2) is 20.6 Å². The number of aromatic nitrogens is 2. The number of nitrogens with two attached hydrogens (primary N) is 1. The molecule has 1 amide bonds. The minimum atomic E-state index is -1.23. The van der Waals surface area contributed by atoms with Crippen molar-refractivity contribution in [3.8, 4) is 0 Å². The molecule has 24 heavy (non-hydrogen) atoms. The first kappa shape index (κ1) is 16.1. The molecule has 2 aromatic carbocycles. The number of rotatable bonds is 5. The van der Waals surface area contributed by atoms with Crippen molar-refractivity contribution in [3.63, 3.8) is 0 Å². The van der Waals surface area contributed by atoms with Crippen LogP contribution in [0.25, 0.3) is 11.0 Å². The smallest absolute Gasteiger partial charge is 0.225 e. The lowest BCUT2D eigenvalue weighted by Crippen LogP contribution is -2.19. The normalized spacial score (nSPS) is 12.5. The zero-order chi connectivity index (χ0) is 17.3. The second kappa shape index (κ2) is 6.37. The Kier molecular flexibility index (Phi) is 4.26. The van der Waals surface area contributed by atoms with Gasteiger partial charge in [0.05, 0.1) is 30.1 Å². The molecule has 3 rings (SSSR count). The number of carbonyl (C=O) groups is 1. The number of para-hydroxylation sites is 2. The molecule has 0 fully saturated rings. The summed E-state index contributed by atoms with van der Waals surface area (Å²) in [6.07, 6.45) is -1.33. The number of hydrogen-bond donors (Lipinski definition) is 2. The highest BCUT2D eigenvalue weighted by Gasteiger charge is 2.19. The first-order chi connectivity index (χ1) is 11.5. The van der Waals surface area contributed by atoms with Gasteiger partial charge in [0.25, 0.3) is 0 Å². The molecule has 3 N–H and O–H groups in total. The van der Waals surface area contributed by atoms with Gasteiger partial charge in [0, 0.05) is 11.6 Å². The number of benzene rings is 2. The third-order valence-electron chi connectivity index (χ3n) is 3.74. The summed E-state index contributed by atoms with van der Waals surface area (Å²) in [5.41, 5.74) is 6.54. The topological polar surface area (TPSA) is 81.1 Å². The number of imidazole rings is 1. The molecule has 0 aliphatic rings. The Hall–Kier alpha value is -2.80. The van der Waals surface area contributed by atoms with E-state index in [9.17, 15) is 18.7 Å². The number of aliphatic hydroxyl groups is 1. The predicted octanol–water partition coefficient (Wildman–Crippen LogP) is 2.08. The lowest BCUT2D eigenvalue weighted by molar-refractivity contribution is -0.117. The van der Waals surface area contributed by atoms with Crippen LogP contribution >= 0.6 is 0 Å². The van der Waals surface area contributed by atoms with Crippen molar-refractivity contribution in [2.45, 2.75) is 19.1 Å². The van der Waals surface area contributed by atoms with E-state index in [2.05, 4.69) is 4.98 Å². The molecule has 1 aromatic heterocycles. The van der Waals surface area contributed by atoms with Gasteiger partial charge >= 0.3 is 0 Å². The number of primary amides is 1. The van der Waals surface area contributed by atoms with Crippen LogP contribution in [-0.2, 0) is 17.8 Å². The average molecular weight is 331 g/mol. The first-order valence-electron chi connectivity index (χ1n) is 7.31. The summed E-state index contributed by atoms with van der Waals surface area (Å²) in [5, 5.41) is 10.4. The number of aliphatic hydroxyl groups excluding tert-OH is 1. The predicted molar refractivity (Wildman–Crippen MR) is 83.9 cm³/mol. The third-order valence-corrected chi connectivity index (χ3v) is 3.74. The molecule has 0 spiro atoms. The minimum absolute atomic E-state index is 0.0285. The van der Waals surface area contributed by atoms with E-state index < -0.39 is 23.6 Å². The summed E-state index contributed by atoms with van der Waals surface area (Å²) in [7, 11) is 0. The van der Waals surface area contributed by atoms with E-state index in [0.717, 1.165) is 12.1 Å². The van der Waals surface area contributed by atoms with Crippen LogP contribution in [0.3, 0.4) is 0 Å². The highest BCUT2D eigenvalue weighted by molar-refractivity contribution is 5.80. The number of nitrogens with zero attached hydrogens (tertiary/aromatic N) is 2. The van der Waals surface area contributed by atoms with Gasteiger partial charge in [-0.05, 0) is 18.2 Å². The summed E-state index contributed by atoms with van der Waals surface area (Å²) >= 11 is 0. The van der Waals surface area contributed by atoms with Gasteiger partial charge in [0.1, 0.15) is 17.5 Å². The Balaban J connectivity index is 2.00. The largest absolute Gasteiger partial charge is 0.386 e. The molecule has 1 atom stereocenters. The van der Waals surface area contributed by atoms with Crippen molar-refractivity contribution in [2.24, 2.45) is 5.73 Å². The van der Waals surface area contributed by atoms with Crippen molar-refractivity contribution in [2.75, 3.05) is 0 Å². The number of carbonyl (C=O) groups excluding carboxylic acids is 1. The molecule has 0 saturated carbocycles. The van der Waals surface area contributed by atoms with Crippen molar-refractivity contribution in [1.29, 1.82) is 0 Å². The van der Waals surface area contributed by atoms with Gasteiger partial charge in [-0.3, -0.25) is 4.79 Å². The number of halogens is 2. The molecule has 0 radical (unpaired) electrons. The zero-order valence-corrected chi connectivity index (χ0v) is 12.6. The molecule has 3 aromatic rings. The highest BCUT2D eigenvalue weighted by atomic mass is 19.1. The molecule has 0 aliphatic carbocycles. The number of fused-ring (bicyclic) bond motifs is 1. The summed E-state index contributed by atoms with van der Waals surface area (Å²) in [5.74, 6) is -1.73. The van der Waals surface area contributed by atoms with Gasteiger partial charge in [-0.2, -0.15) is 0 Å². The molecule has 0 bridgehead atoms. The average Bonchev–Trinajstić information content (AvgIpc) is 2.84. The Morgan fingerprint density at radius 2 is 2.00 bits per heavy atom. The zero-order valence-electron chi connectivity index (χ0n) is 12.6. The summed E-state index contributed by atoms with van der Waals surface area (Å²) in [6, 6.07) is 10.1. The van der Waals surface area contributed by atoms with Crippen LogP contribution in [0.15, 0.2) is 42.5 Å². The molecule has 0 aliphatic heterocycles. The second-order valence-corrected chi connectivity index (χ2v) is 5.45. The summed E-state index contributed by atoms with van der Waals surface area (Å²) in [4.78, 5) is 15.6. The van der Waals surface area contributed by atoms with Gasteiger partial charge in [-0.15, -0.1) is 0 Å². The fraction of sp³-hybridized carbons (Fsp3) is 0.176. The fourth-order valence-electron chi connectivity index (χ4n) is 2.66. The van der Waals surface area contributed by atoms with E-state index in [1.807, 2.05) is 0 Å².